The van der Waals surface area contributed by atoms with Crippen LogP contribution in [0.25, 0.3) is 0 Å². The standard InChI is InChI=1S/C14H18ClN3O3/c1-9-7-17(8-10(2)16(9)3)14(19)11-4-5-12(15)13(6-11)18(20)21/h4-6,9-10H,7-8H2,1-3H3. The van der Waals surface area contributed by atoms with Gasteiger partial charge in [0, 0.05) is 36.8 Å². The van der Waals surface area contributed by atoms with Gasteiger partial charge in [0.2, 0.25) is 0 Å². The molecule has 0 aliphatic carbocycles. The third-order valence-electron chi connectivity index (χ3n) is 4.04. The van der Waals surface area contributed by atoms with Crippen molar-refractivity contribution in [3.63, 3.8) is 0 Å². The number of likely N-dealkylation sites (N-methyl/N-ethyl adjacent to an activating group) is 1. The molecule has 114 valence electrons. The van der Waals surface area contributed by atoms with Gasteiger partial charge in [-0.25, -0.2) is 0 Å². The number of amides is 1. The number of halogens is 1. The Morgan fingerprint density at radius 1 is 1.33 bits per heavy atom. The molecule has 0 aromatic heterocycles. The Morgan fingerprint density at radius 2 is 1.90 bits per heavy atom. The van der Waals surface area contributed by atoms with Crippen molar-refractivity contribution in [2.75, 3.05) is 20.1 Å². The number of hydrogen-bond donors (Lipinski definition) is 0. The van der Waals surface area contributed by atoms with E-state index < -0.39 is 4.92 Å². The second-order valence-electron chi connectivity index (χ2n) is 5.50. The van der Waals surface area contributed by atoms with Crippen LogP contribution in [0, 0.1) is 10.1 Å². The molecule has 2 rings (SSSR count). The van der Waals surface area contributed by atoms with Crippen LogP contribution in [0.15, 0.2) is 18.2 Å². The molecule has 2 atom stereocenters. The molecule has 1 aliphatic heterocycles. The molecule has 21 heavy (non-hydrogen) atoms. The minimum Gasteiger partial charge on any atom is -0.336 e. The summed E-state index contributed by atoms with van der Waals surface area (Å²) < 4.78 is 0. The SMILES string of the molecule is CC1CN(C(=O)c2ccc(Cl)c([N+](=O)[O-])c2)CC(C)N1C. The van der Waals surface area contributed by atoms with Gasteiger partial charge in [-0.1, -0.05) is 11.6 Å². The van der Waals surface area contributed by atoms with Crippen LogP contribution in [0.2, 0.25) is 5.02 Å². The third-order valence-corrected chi connectivity index (χ3v) is 4.36. The first kappa shape index (κ1) is 15.7. The Bertz CT molecular complexity index is 567. The number of carbonyl (C=O) groups is 1. The van der Waals surface area contributed by atoms with Gasteiger partial charge in [0.05, 0.1) is 4.92 Å². The van der Waals surface area contributed by atoms with Crippen LogP contribution in [-0.2, 0) is 0 Å². The van der Waals surface area contributed by atoms with E-state index in [1.165, 1.54) is 18.2 Å². The zero-order valence-corrected chi connectivity index (χ0v) is 13.0. The fraction of sp³-hybridized carbons (Fsp3) is 0.500. The molecule has 0 spiro atoms. The average Bonchev–Trinajstić information content (AvgIpc) is 2.43. The Hall–Kier alpha value is -1.66. The highest BCUT2D eigenvalue weighted by atomic mass is 35.5. The van der Waals surface area contributed by atoms with E-state index >= 15 is 0 Å². The number of nitrogens with zero attached hydrogens (tertiary/aromatic N) is 3. The highest BCUT2D eigenvalue weighted by Crippen LogP contribution is 2.26. The van der Waals surface area contributed by atoms with Gasteiger partial charge in [0.15, 0.2) is 0 Å². The van der Waals surface area contributed by atoms with Crippen LogP contribution in [0.3, 0.4) is 0 Å². The first-order valence-corrected chi connectivity index (χ1v) is 7.14. The average molecular weight is 312 g/mol. The van der Waals surface area contributed by atoms with E-state index in [-0.39, 0.29) is 28.7 Å². The van der Waals surface area contributed by atoms with Crippen molar-refractivity contribution in [1.82, 2.24) is 9.80 Å². The van der Waals surface area contributed by atoms with Gasteiger partial charge in [-0.3, -0.25) is 19.8 Å². The first-order valence-electron chi connectivity index (χ1n) is 6.76. The number of benzene rings is 1. The molecular weight excluding hydrogens is 294 g/mol. The largest absolute Gasteiger partial charge is 0.336 e. The van der Waals surface area contributed by atoms with E-state index in [4.69, 9.17) is 11.6 Å². The number of hydrogen-bond acceptors (Lipinski definition) is 4. The van der Waals surface area contributed by atoms with Crippen LogP contribution in [0.1, 0.15) is 24.2 Å². The lowest BCUT2D eigenvalue weighted by molar-refractivity contribution is -0.384. The maximum absolute atomic E-state index is 12.5. The van der Waals surface area contributed by atoms with E-state index in [0.717, 1.165) is 0 Å². The molecular formula is C14H18ClN3O3. The second-order valence-corrected chi connectivity index (χ2v) is 5.90. The maximum Gasteiger partial charge on any atom is 0.288 e. The molecule has 0 N–H and O–H groups in total. The van der Waals surface area contributed by atoms with Gasteiger partial charge in [-0.2, -0.15) is 0 Å². The van der Waals surface area contributed by atoms with Gasteiger partial charge in [0.25, 0.3) is 11.6 Å². The molecule has 1 saturated heterocycles. The zero-order valence-electron chi connectivity index (χ0n) is 12.2. The molecule has 1 aliphatic rings. The van der Waals surface area contributed by atoms with Crippen molar-refractivity contribution in [2.45, 2.75) is 25.9 Å². The molecule has 0 saturated carbocycles. The van der Waals surface area contributed by atoms with Crippen LogP contribution in [0.4, 0.5) is 5.69 Å². The van der Waals surface area contributed by atoms with Gasteiger partial charge >= 0.3 is 0 Å². The van der Waals surface area contributed by atoms with Gasteiger partial charge in [-0.05, 0) is 33.0 Å². The topological polar surface area (TPSA) is 66.7 Å². The summed E-state index contributed by atoms with van der Waals surface area (Å²) in [5, 5.41) is 10.9. The number of nitro benzene ring substituents is 1. The summed E-state index contributed by atoms with van der Waals surface area (Å²) in [6.45, 7) is 5.33. The predicted octanol–water partition coefficient (Wildman–Crippen LogP) is 2.41. The summed E-state index contributed by atoms with van der Waals surface area (Å²) in [7, 11) is 2.03. The molecule has 7 heteroatoms. The van der Waals surface area contributed by atoms with Crippen molar-refractivity contribution in [3.05, 3.63) is 38.9 Å². The van der Waals surface area contributed by atoms with Gasteiger partial charge in [-0.15, -0.1) is 0 Å². The molecule has 1 fully saturated rings. The molecule has 1 heterocycles. The Labute approximate surface area is 128 Å². The molecule has 6 nitrogen and oxygen atoms in total. The monoisotopic (exact) mass is 311 g/mol. The molecule has 1 amide bonds. The lowest BCUT2D eigenvalue weighted by atomic mass is 10.1. The maximum atomic E-state index is 12.5. The molecule has 1 aromatic rings. The number of piperazine rings is 1. The molecule has 1 aromatic carbocycles. The quantitative estimate of drug-likeness (QED) is 0.621. The highest BCUT2D eigenvalue weighted by Gasteiger charge is 2.30. The fourth-order valence-electron chi connectivity index (χ4n) is 2.54. The van der Waals surface area contributed by atoms with Crippen molar-refractivity contribution in [1.29, 1.82) is 0 Å². The van der Waals surface area contributed by atoms with E-state index in [9.17, 15) is 14.9 Å². The van der Waals surface area contributed by atoms with Crippen molar-refractivity contribution < 1.29 is 9.72 Å². The minimum absolute atomic E-state index is 0.0386. The van der Waals surface area contributed by atoms with Gasteiger partial charge < -0.3 is 4.90 Å². The van der Waals surface area contributed by atoms with E-state index in [2.05, 4.69) is 18.7 Å². The number of nitro groups is 1. The summed E-state index contributed by atoms with van der Waals surface area (Å²) in [6.07, 6.45) is 0. The Morgan fingerprint density at radius 3 is 2.43 bits per heavy atom. The van der Waals surface area contributed by atoms with Crippen LogP contribution in [-0.4, -0.2) is 52.9 Å². The number of carbonyl (C=O) groups excluding carboxylic acids is 1. The van der Waals surface area contributed by atoms with Crippen LogP contribution in [0.5, 0.6) is 0 Å². The fourth-order valence-corrected chi connectivity index (χ4v) is 2.72. The number of rotatable bonds is 2. The van der Waals surface area contributed by atoms with E-state index in [1.807, 2.05) is 7.05 Å². The van der Waals surface area contributed by atoms with Crippen molar-refractivity contribution >= 4 is 23.2 Å². The zero-order chi connectivity index (χ0) is 15.7. The van der Waals surface area contributed by atoms with Crippen LogP contribution < -0.4 is 0 Å². The lowest BCUT2D eigenvalue weighted by Crippen LogP contribution is -2.56. The van der Waals surface area contributed by atoms with Crippen molar-refractivity contribution in [2.24, 2.45) is 0 Å². The summed E-state index contributed by atoms with van der Waals surface area (Å²) in [4.78, 5) is 26.8. The highest BCUT2D eigenvalue weighted by molar-refractivity contribution is 6.32. The smallest absolute Gasteiger partial charge is 0.288 e. The molecule has 2 unspecified atom stereocenters. The van der Waals surface area contributed by atoms with E-state index in [0.29, 0.717) is 18.7 Å². The molecule has 0 radical (unpaired) electrons. The van der Waals surface area contributed by atoms with Crippen LogP contribution >= 0.6 is 11.6 Å². The Kier molecular flexibility index (Phi) is 4.49. The predicted molar refractivity (Wildman–Crippen MR) is 80.7 cm³/mol. The summed E-state index contributed by atoms with van der Waals surface area (Å²) in [5.41, 5.74) is 0.0628. The molecule has 0 bridgehead atoms. The third kappa shape index (κ3) is 3.16. The van der Waals surface area contributed by atoms with Gasteiger partial charge in [0.1, 0.15) is 5.02 Å². The minimum atomic E-state index is -0.575. The summed E-state index contributed by atoms with van der Waals surface area (Å²) in [6, 6.07) is 4.68. The Balaban J connectivity index is 2.24. The summed E-state index contributed by atoms with van der Waals surface area (Å²) in [5.74, 6) is -0.193. The first-order chi connectivity index (χ1) is 9.81. The summed E-state index contributed by atoms with van der Waals surface area (Å²) >= 11 is 5.77. The normalized spacial score (nSPS) is 23.1. The second kappa shape index (κ2) is 5.99. The van der Waals surface area contributed by atoms with Crippen molar-refractivity contribution in [3.8, 4) is 0 Å². The van der Waals surface area contributed by atoms with E-state index in [1.54, 1.807) is 4.90 Å². The lowest BCUT2D eigenvalue weighted by Gasteiger charge is -2.42.